The first-order chi connectivity index (χ1) is 15.5. The van der Waals surface area contributed by atoms with Crippen LogP contribution in [0.5, 0.6) is 5.75 Å². The molecule has 8 heteroatoms. The van der Waals surface area contributed by atoms with Crippen LogP contribution in [0, 0.1) is 5.92 Å². The van der Waals surface area contributed by atoms with E-state index in [1.165, 1.54) is 11.0 Å². The van der Waals surface area contributed by atoms with Gasteiger partial charge in [-0.05, 0) is 66.9 Å². The summed E-state index contributed by atoms with van der Waals surface area (Å²) in [7, 11) is 0. The quantitative estimate of drug-likeness (QED) is 0.484. The van der Waals surface area contributed by atoms with Crippen LogP contribution in [0.3, 0.4) is 0 Å². The van der Waals surface area contributed by atoms with Gasteiger partial charge in [0.25, 0.3) is 0 Å². The van der Waals surface area contributed by atoms with Crippen molar-refractivity contribution in [3.63, 3.8) is 0 Å². The highest BCUT2D eigenvalue weighted by molar-refractivity contribution is 5.93. The summed E-state index contributed by atoms with van der Waals surface area (Å²) in [5.41, 5.74) is -1.19. The van der Waals surface area contributed by atoms with Gasteiger partial charge in [-0.15, -0.1) is 0 Å². The van der Waals surface area contributed by atoms with E-state index in [0.29, 0.717) is 12.0 Å². The monoisotopic (exact) mass is 477 g/mol. The Morgan fingerprint density at radius 1 is 1.00 bits per heavy atom. The van der Waals surface area contributed by atoms with Crippen molar-refractivity contribution >= 4 is 17.9 Å². The number of alkyl carbamates (subject to hydrolysis) is 1. The molecule has 0 fully saturated rings. The predicted molar refractivity (Wildman–Crippen MR) is 133 cm³/mol. The third-order valence-corrected chi connectivity index (χ3v) is 5.53. The first kappa shape index (κ1) is 29.3. The number of ether oxygens (including phenoxy) is 1. The number of carbonyl (C=O) groups is 3. The first-order valence-electron chi connectivity index (χ1n) is 11.9. The molecule has 2 unspecified atom stereocenters. The summed E-state index contributed by atoms with van der Waals surface area (Å²) in [6.45, 7) is 18.2. The van der Waals surface area contributed by atoms with E-state index in [-0.39, 0.29) is 17.7 Å². The van der Waals surface area contributed by atoms with E-state index in [9.17, 15) is 19.5 Å². The Balaban J connectivity index is 3.63. The molecule has 192 valence electrons. The van der Waals surface area contributed by atoms with Crippen molar-refractivity contribution in [3.05, 3.63) is 29.8 Å². The number of carbonyl (C=O) groups excluding carboxylic acids is 3. The highest BCUT2D eigenvalue weighted by Crippen LogP contribution is 2.36. The molecule has 3 N–H and O–H groups in total. The lowest BCUT2D eigenvalue weighted by molar-refractivity contribution is -0.150. The molecule has 1 aromatic carbocycles. The molecular weight excluding hydrogens is 434 g/mol. The Bertz CT molecular complexity index is 858. The fourth-order valence-electron chi connectivity index (χ4n) is 3.52. The maximum atomic E-state index is 14.1. The summed E-state index contributed by atoms with van der Waals surface area (Å²) in [6, 6.07) is 4.28. The molecule has 1 aromatic rings. The van der Waals surface area contributed by atoms with Crippen LogP contribution in [0.2, 0.25) is 0 Å². The average Bonchev–Trinajstić information content (AvgIpc) is 2.68. The van der Waals surface area contributed by atoms with Crippen molar-refractivity contribution < 1.29 is 24.2 Å². The number of para-hydroxylation sites is 1. The molecule has 0 heterocycles. The van der Waals surface area contributed by atoms with Gasteiger partial charge in [-0.2, -0.15) is 0 Å². The lowest BCUT2D eigenvalue weighted by atomic mass is 9.90. The van der Waals surface area contributed by atoms with Gasteiger partial charge in [-0.25, -0.2) is 4.79 Å². The molecule has 0 aliphatic heterocycles. The molecule has 34 heavy (non-hydrogen) atoms. The van der Waals surface area contributed by atoms with Gasteiger partial charge in [0.1, 0.15) is 23.4 Å². The van der Waals surface area contributed by atoms with Crippen molar-refractivity contribution in [3.8, 4) is 5.75 Å². The van der Waals surface area contributed by atoms with Gasteiger partial charge in [0.2, 0.25) is 11.8 Å². The zero-order valence-electron chi connectivity index (χ0n) is 22.4. The normalized spacial score (nSPS) is 13.9. The third kappa shape index (κ3) is 7.92. The number of amides is 3. The van der Waals surface area contributed by atoms with E-state index in [1.54, 1.807) is 39.0 Å². The molecule has 2 atom stereocenters. The predicted octanol–water partition coefficient (Wildman–Crippen LogP) is 4.52. The van der Waals surface area contributed by atoms with Gasteiger partial charge < -0.3 is 25.4 Å². The molecule has 0 saturated carbocycles. The van der Waals surface area contributed by atoms with Crippen molar-refractivity contribution in [2.24, 2.45) is 5.92 Å². The molecule has 3 amide bonds. The van der Waals surface area contributed by atoms with Crippen LogP contribution in [0.1, 0.15) is 87.3 Å². The van der Waals surface area contributed by atoms with Crippen LogP contribution in [0.4, 0.5) is 4.79 Å². The number of phenolic OH excluding ortho intramolecular Hbond substituents is 1. The van der Waals surface area contributed by atoms with E-state index in [1.807, 2.05) is 48.5 Å². The summed E-state index contributed by atoms with van der Waals surface area (Å²) < 4.78 is 5.38. The van der Waals surface area contributed by atoms with Gasteiger partial charge in [-0.1, -0.05) is 39.0 Å². The van der Waals surface area contributed by atoms with Crippen LogP contribution in [0.25, 0.3) is 0 Å². The SMILES string of the molecule is CCC(C)(C)N(C(=O)C(NC(=O)OC(C)(C)C)C(C)C)C(C(=O)NC(C)C)c1ccccc1O. The smallest absolute Gasteiger partial charge is 0.408 e. The largest absolute Gasteiger partial charge is 0.508 e. The fraction of sp³-hybridized carbons (Fsp3) is 0.654. The van der Waals surface area contributed by atoms with Gasteiger partial charge in [-0.3, -0.25) is 9.59 Å². The summed E-state index contributed by atoms with van der Waals surface area (Å²) in [6.07, 6.45) is -0.172. The number of benzene rings is 1. The van der Waals surface area contributed by atoms with Crippen LogP contribution >= 0.6 is 0 Å². The summed E-state index contributed by atoms with van der Waals surface area (Å²) in [5, 5.41) is 16.2. The fourth-order valence-corrected chi connectivity index (χ4v) is 3.52. The van der Waals surface area contributed by atoms with Crippen LogP contribution in [-0.4, -0.2) is 51.1 Å². The van der Waals surface area contributed by atoms with Gasteiger partial charge in [0.15, 0.2) is 0 Å². The second kappa shape index (κ2) is 11.6. The topological polar surface area (TPSA) is 108 Å². The summed E-state index contributed by atoms with van der Waals surface area (Å²) in [4.78, 5) is 41.6. The number of nitrogens with zero attached hydrogens (tertiary/aromatic N) is 1. The lowest BCUT2D eigenvalue weighted by Gasteiger charge is -2.45. The lowest BCUT2D eigenvalue weighted by Crippen LogP contribution is -2.60. The molecule has 0 bridgehead atoms. The summed E-state index contributed by atoms with van der Waals surface area (Å²) >= 11 is 0. The van der Waals surface area contributed by atoms with Crippen LogP contribution < -0.4 is 10.6 Å². The zero-order valence-corrected chi connectivity index (χ0v) is 22.4. The number of rotatable bonds is 9. The molecule has 0 aliphatic carbocycles. The minimum absolute atomic E-state index is 0.0858. The molecule has 0 spiro atoms. The van der Waals surface area contributed by atoms with Crippen molar-refractivity contribution in [2.45, 2.75) is 105 Å². The average molecular weight is 478 g/mol. The molecule has 1 rings (SSSR count). The first-order valence-corrected chi connectivity index (χ1v) is 11.9. The van der Waals surface area contributed by atoms with Gasteiger partial charge in [0.05, 0.1) is 0 Å². The standard InChI is InChI=1S/C26H43N3O5/c1-11-26(9,10)29(23(32)20(16(2)3)28-24(33)34-25(6,7)8)21(22(31)27-17(4)5)18-14-12-13-15-19(18)30/h12-17,20-21,30H,11H2,1-10H3,(H,27,31)(H,28,33). The zero-order chi connectivity index (χ0) is 26.4. The van der Waals surface area contributed by atoms with E-state index < -0.39 is 41.1 Å². The Morgan fingerprint density at radius 3 is 2.00 bits per heavy atom. The highest BCUT2D eigenvalue weighted by atomic mass is 16.6. The van der Waals surface area contributed by atoms with E-state index >= 15 is 0 Å². The van der Waals surface area contributed by atoms with Gasteiger partial charge >= 0.3 is 6.09 Å². The number of hydrogen-bond acceptors (Lipinski definition) is 5. The molecule has 0 aliphatic rings. The molecule has 0 saturated heterocycles. The Labute approximate surface area is 204 Å². The minimum atomic E-state index is -1.10. The van der Waals surface area contributed by atoms with E-state index in [4.69, 9.17) is 4.74 Å². The number of hydrogen-bond donors (Lipinski definition) is 3. The maximum Gasteiger partial charge on any atom is 0.408 e. The van der Waals surface area contributed by atoms with Crippen molar-refractivity contribution in [2.75, 3.05) is 0 Å². The number of nitrogens with one attached hydrogen (secondary N) is 2. The second-order valence-corrected chi connectivity index (χ2v) is 10.9. The van der Waals surface area contributed by atoms with Gasteiger partial charge in [0, 0.05) is 17.1 Å². The van der Waals surface area contributed by atoms with Crippen molar-refractivity contribution in [1.29, 1.82) is 0 Å². The third-order valence-electron chi connectivity index (χ3n) is 5.53. The summed E-state index contributed by atoms with van der Waals surface area (Å²) in [5.74, 6) is -1.21. The molecule has 8 nitrogen and oxygen atoms in total. The van der Waals surface area contributed by atoms with E-state index in [0.717, 1.165) is 0 Å². The molecule has 0 aromatic heterocycles. The molecular formula is C26H43N3O5. The second-order valence-electron chi connectivity index (χ2n) is 10.9. The Morgan fingerprint density at radius 2 is 1.56 bits per heavy atom. The van der Waals surface area contributed by atoms with Crippen molar-refractivity contribution in [1.82, 2.24) is 15.5 Å². The minimum Gasteiger partial charge on any atom is -0.508 e. The van der Waals surface area contributed by atoms with E-state index in [2.05, 4.69) is 10.6 Å². The molecule has 0 radical (unpaired) electrons. The Kier molecular flexibility index (Phi) is 9.97. The highest BCUT2D eigenvalue weighted by Gasteiger charge is 2.44. The van der Waals surface area contributed by atoms with Crippen LogP contribution in [-0.2, 0) is 14.3 Å². The number of aromatic hydroxyl groups is 1. The Hall–Kier alpha value is -2.77. The maximum absolute atomic E-state index is 14.1. The van der Waals surface area contributed by atoms with Crippen LogP contribution in [0.15, 0.2) is 24.3 Å². The number of phenols is 1.